The van der Waals surface area contributed by atoms with E-state index in [0.29, 0.717) is 11.7 Å². The maximum atomic E-state index is 5.23. The third-order valence-corrected chi connectivity index (χ3v) is 3.75. The van der Waals surface area contributed by atoms with Gasteiger partial charge in [0, 0.05) is 5.38 Å². The van der Waals surface area contributed by atoms with Crippen LogP contribution in [0.3, 0.4) is 0 Å². The van der Waals surface area contributed by atoms with Crippen LogP contribution in [0, 0.1) is 0 Å². The van der Waals surface area contributed by atoms with Crippen molar-refractivity contribution in [1.82, 2.24) is 14.5 Å². The van der Waals surface area contributed by atoms with Gasteiger partial charge in [0.15, 0.2) is 0 Å². The van der Waals surface area contributed by atoms with E-state index in [9.17, 15) is 0 Å². The minimum Gasteiger partial charge on any atom is -0.338 e. The van der Waals surface area contributed by atoms with Crippen LogP contribution in [-0.2, 0) is 0 Å². The predicted molar refractivity (Wildman–Crippen MR) is 62.0 cm³/mol. The van der Waals surface area contributed by atoms with Gasteiger partial charge in [-0.15, -0.1) is 0 Å². The van der Waals surface area contributed by atoms with Crippen LogP contribution < -0.4 is 0 Å². The van der Waals surface area contributed by atoms with Crippen LogP contribution >= 0.6 is 23.3 Å². The molecular formula is C9H11N3OS2. The molecule has 2 heterocycles. The van der Waals surface area contributed by atoms with Gasteiger partial charge in [-0.1, -0.05) is 12.1 Å². The summed E-state index contributed by atoms with van der Waals surface area (Å²) >= 11 is 3.11. The average molecular weight is 241 g/mol. The van der Waals surface area contributed by atoms with E-state index in [4.69, 9.17) is 4.52 Å². The van der Waals surface area contributed by atoms with Crippen molar-refractivity contribution in [3.05, 3.63) is 17.5 Å². The SMILES string of the molecule is CCC(SC)c1nc(-c2cnsc2)no1. The summed E-state index contributed by atoms with van der Waals surface area (Å²) in [6.45, 7) is 2.11. The highest BCUT2D eigenvalue weighted by Gasteiger charge is 2.16. The molecule has 0 amide bonds. The molecule has 6 heteroatoms. The van der Waals surface area contributed by atoms with Gasteiger partial charge in [0.25, 0.3) is 0 Å². The highest BCUT2D eigenvalue weighted by molar-refractivity contribution is 7.98. The maximum Gasteiger partial charge on any atom is 0.240 e. The second-order valence-electron chi connectivity index (χ2n) is 3.00. The molecule has 0 saturated carbocycles. The molecule has 0 bridgehead atoms. The Morgan fingerprint density at radius 2 is 2.47 bits per heavy atom. The number of aromatic nitrogens is 3. The van der Waals surface area contributed by atoms with Gasteiger partial charge in [-0.05, 0) is 24.2 Å². The molecule has 0 fully saturated rings. The Morgan fingerprint density at radius 1 is 1.60 bits per heavy atom. The van der Waals surface area contributed by atoms with Crippen LogP contribution in [0.25, 0.3) is 11.4 Å². The van der Waals surface area contributed by atoms with E-state index in [1.54, 1.807) is 18.0 Å². The molecule has 0 aliphatic heterocycles. The van der Waals surface area contributed by atoms with Gasteiger partial charge in [0.1, 0.15) is 0 Å². The van der Waals surface area contributed by atoms with Gasteiger partial charge in [0.05, 0.1) is 17.0 Å². The van der Waals surface area contributed by atoms with E-state index >= 15 is 0 Å². The van der Waals surface area contributed by atoms with Crippen LogP contribution in [0.2, 0.25) is 0 Å². The highest BCUT2D eigenvalue weighted by Crippen LogP contribution is 2.29. The van der Waals surface area contributed by atoms with Gasteiger partial charge in [-0.25, -0.2) is 4.37 Å². The van der Waals surface area contributed by atoms with Gasteiger partial charge in [0.2, 0.25) is 11.7 Å². The fourth-order valence-electron chi connectivity index (χ4n) is 1.24. The Labute approximate surface area is 96.3 Å². The third-order valence-electron chi connectivity index (χ3n) is 2.06. The lowest BCUT2D eigenvalue weighted by Gasteiger charge is -2.03. The Morgan fingerprint density at radius 3 is 3.07 bits per heavy atom. The standard InChI is InChI=1S/C9H11N3OS2/c1-3-7(14-2)9-11-8(12-13-9)6-4-10-15-5-6/h4-5,7H,3H2,1-2H3. The zero-order chi connectivity index (χ0) is 10.7. The first-order valence-electron chi connectivity index (χ1n) is 4.61. The van der Waals surface area contributed by atoms with Crippen LogP contribution in [0.1, 0.15) is 24.5 Å². The zero-order valence-electron chi connectivity index (χ0n) is 8.51. The number of nitrogens with zero attached hydrogens (tertiary/aromatic N) is 3. The molecular weight excluding hydrogens is 230 g/mol. The Hall–Kier alpha value is -0.880. The zero-order valence-corrected chi connectivity index (χ0v) is 10.1. The molecule has 2 aromatic heterocycles. The van der Waals surface area contributed by atoms with Gasteiger partial charge in [-0.2, -0.15) is 16.7 Å². The lowest BCUT2D eigenvalue weighted by molar-refractivity contribution is 0.375. The smallest absolute Gasteiger partial charge is 0.240 e. The first kappa shape index (κ1) is 10.6. The molecule has 0 spiro atoms. The summed E-state index contributed by atoms with van der Waals surface area (Å²) in [5, 5.41) is 6.14. The molecule has 1 unspecified atom stereocenters. The monoisotopic (exact) mass is 241 g/mol. The largest absolute Gasteiger partial charge is 0.338 e. The predicted octanol–water partition coefficient (Wildman–Crippen LogP) is 3.01. The lowest BCUT2D eigenvalue weighted by Crippen LogP contribution is -1.91. The van der Waals surface area contributed by atoms with Crippen molar-refractivity contribution in [2.45, 2.75) is 18.6 Å². The quantitative estimate of drug-likeness (QED) is 0.823. The first-order chi connectivity index (χ1) is 7.35. The second-order valence-corrected chi connectivity index (χ2v) is 4.70. The summed E-state index contributed by atoms with van der Waals surface area (Å²) < 4.78 is 9.24. The number of hydrogen-bond donors (Lipinski definition) is 0. The summed E-state index contributed by atoms with van der Waals surface area (Å²) in [6.07, 6.45) is 4.79. The third kappa shape index (κ3) is 2.21. The van der Waals surface area contributed by atoms with Gasteiger partial charge >= 0.3 is 0 Å². The second kappa shape index (κ2) is 4.76. The summed E-state index contributed by atoms with van der Waals surface area (Å²) in [5.41, 5.74) is 0.922. The van der Waals surface area contributed by atoms with Crippen molar-refractivity contribution in [1.29, 1.82) is 0 Å². The molecule has 15 heavy (non-hydrogen) atoms. The minimum atomic E-state index is 0.290. The number of rotatable bonds is 4. The summed E-state index contributed by atoms with van der Waals surface area (Å²) in [4.78, 5) is 4.36. The van der Waals surface area contributed by atoms with E-state index in [1.807, 2.05) is 11.6 Å². The summed E-state index contributed by atoms with van der Waals surface area (Å²) in [7, 11) is 0. The minimum absolute atomic E-state index is 0.290. The molecule has 2 rings (SSSR count). The Bertz CT molecular complexity index is 409. The molecule has 80 valence electrons. The Kier molecular flexibility index (Phi) is 3.37. The van der Waals surface area contributed by atoms with Crippen molar-refractivity contribution in [2.75, 3.05) is 6.26 Å². The molecule has 0 aliphatic rings. The van der Waals surface area contributed by atoms with E-state index in [0.717, 1.165) is 12.0 Å². The average Bonchev–Trinajstić information content (AvgIpc) is 2.89. The molecule has 2 aromatic rings. The first-order valence-corrected chi connectivity index (χ1v) is 6.73. The van der Waals surface area contributed by atoms with Crippen LogP contribution in [-0.4, -0.2) is 20.8 Å². The highest BCUT2D eigenvalue weighted by atomic mass is 32.2. The molecule has 0 radical (unpaired) electrons. The summed E-state index contributed by atoms with van der Waals surface area (Å²) in [6, 6.07) is 0. The Balaban J connectivity index is 2.24. The molecule has 0 aliphatic carbocycles. The van der Waals surface area contributed by atoms with Gasteiger partial charge < -0.3 is 4.52 Å². The fraction of sp³-hybridized carbons (Fsp3) is 0.444. The van der Waals surface area contributed by atoms with Crippen molar-refractivity contribution < 1.29 is 4.52 Å². The van der Waals surface area contributed by atoms with Crippen molar-refractivity contribution >= 4 is 23.3 Å². The molecule has 1 atom stereocenters. The molecule has 0 saturated heterocycles. The van der Waals surface area contributed by atoms with Crippen LogP contribution in [0.15, 0.2) is 16.1 Å². The van der Waals surface area contributed by atoms with E-state index in [1.165, 1.54) is 11.5 Å². The molecule has 4 nitrogen and oxygen atoms in total. The normalized spacial score (nSPS) is 12.9. The van der Waals surface area contributed by atoms with Crippen molar-refractivity contribution in [3.63, 3.8) is 0 Å². The summed E-state index contributed by atoms with van der Waals surface area (Å²) in [5.74, 6) is 1.33. The van der Waals surface area contributed by atoms with Crippen molar-refractivity contribution in [3.8, 4) is 11.4 Å². The van der Waals surface area contributed by atoms with Crippen molar-refractivity contribution in [2.24, 2.45) is 0 Å². The maximum absolute atomic E-state index is 5.23. The van der Waals surface area contributed by atoms with E-state index < -0.39 is 0 Å². The molecule has 0 N–H and O–H groups in total. The van der Waals surface area contributed by atoms with Crippen LogP contribution in [0.5, 0.6) is 0 Å². The fourth-order valence-corrected chi connectivity index (χ4v) is 2.39. The topological polar surface area (TPSA) is 51.8 Å². The van der Waals surface area contributed by atoms with Crippen LogP contribution in [0.4, 0.5) is 0 Å². The lowest BCUT2D eigenvalue weighted by atomic mass is 10.3. The van der Waals surface area contributed by atoms with Gasteiger partial charge in [-0.3, -0.25) is 0 Å². The number of thioether (sulfide) groups is 1. The molecule has 0 aromatic carbocycles. The van der Waals surface area contributed by atoms with E-state index in [2.05, 4.69) is 21.4 Å². The number of hydrogen-bond acceptors (Lipinski definition) is 6. The van der Waals surface area contributed by atoms with E-state index in [-0.39, 0.29) is 5.25 Å².